The maximum atomic E-state index is 12.2. The number of aliphatic hydroxyl groups is 8. The Morgan fingerprint density at radius 1 is 0.719 bits per heavy atom. The first kappa shape index (κ1) is 31.5. The summed E-state index contributed by atoms with van der Waals surface area (Å²) in [5.74, 6) is -7.20. The number of hydrogen-bond donors (Lipinski definition) is 8. The SMILES string of the molecule is [B]C(O)(O)C([B])(O)C([B])(O)C([B])(O)C([B])(O)C(O)(O)C(CCCCCCCC)C(=O)OC. The van der Waals surface area contributed by atoms with Gasteiger partial charge in [-0.05, 0) is 6.42 Å². The minimum absolute atomic E-state index is 0.221. The monoisotopic (exact) mass is 448 g/mol. The van der Waals surface area contributed by atoms with Crippen LogP contribution in [0.3, 0.4) is 0 Å². The van der Waals surface area contributed by atoms with E-state index in [0.717, 1.165) is 32.8 Å². The maximum Gasteiger partial charge on any atom is 0.314 e. The van der Waals surface area contributed by atoms with E-state index in [-0.39, 0.29) is 12.8 Å². The van der Waals surface area contributed by atoms with Gasteiger partial charge < -0.3 is 45.6 Å². The highest BCUT2D eigenvalue weighted by atomic mass is 16.6. The largest absolute Gasteiger partial charge is 0.469 e. The quantitative estimate of drug-likeness (QED) is 0.0557. The zero-order valence-corrected chi connectivity index (χ0v) is 18.3. The summed E-state index contributed by atoms with van der Waals surface area (Å²) in [4.78, 5) is 12.2. The molecule has 0 amide bonds. The van der Waals surface area contributed by atoms with Gasteiger partial charge in [-0.15, -0.1) is 0 Å². The highest BCUT2D eigenvalue weighted by molar-refractivity contribution is 6.36. The van der Waals surface area contributed by atoms with E-state index in [0.29, 0.717) is 6.42 Å². The Balaban J connectivity index is 6.08. The average molecular weight is 447 g/mol. The van der Waals surface area contributed by atoms with Gasteiger partial charge in [0.1, 0.15) is 43.0 Å². The lowest BCUT2D eigenvalue weighted by Gasteiger charge is -2.60. The first-order valence-electron chi connectivity index (χ1n) is 9.99. The zero-order chi connectivity index (χ0) is 25.8. The first-order chi connectivity index (χ1) is 14.2. The summed E-state index contributed by atoms with van der Waals surface area (Å²) in [5.41, 5.74) is -20.3. The highest BCUT2D eigenvalue weighted by Crippen LogP contribution is 2.44. The summed E-state index contributed by atoms with van der Waals surface area (Å²) in [7, 11) is 26.8. The van der Waals surface area contributed by atoms with Gasteiger partial charge in [-0.1, -0.05) is 45.4 Å². The summed E-state index contributed by atoms with van der Waals surface area (Å²) in [6.45, 7) is 2.01. The van der Waals surface area contributed by atoms with Gasteiger partial charge in [0, 0.05) is 0 Å². The van der Waals surface area contributed by atoms with E-state index in [9.17, 15) is 45.6 Å². The maximum absolute atomic E-state index is 12.2. The molecule has 0 saturated heterocycles. The Bertz CT molecular complexity index is 619. The third-order valence-corrected chi connectivity index (χ3v) is 5.68. The fourth-order valence-electron chi connectivity index (χ4n) is 3.16. The fraction of sp³-hybridized carbons (Fsp3) is 0.941. The summed E-state index contributed by atoms with van der Waals surface area (Å²) < 4.78 is 4.49. The third kappa shape index (κ3) is 5.75. The van der Waals surface area contributed by atoms with Crippen molar-refractivity contribution < 1.29 is 50.4 Å². The molecular formula is C17H29B5O10. The molecule has 10 nitrogen and oxygen atoms in total. The molecular weight excluding hydrogens is 418 g/mol. The van der Waals surface area contributed by atoms with Crippen LogP contribution in [0.15, 0.2) is 0 Å². The molecule has 0 spiro atoms. The standard InChI is InChI=1S/C17H29B5O10/c1-3-4-5-6-7-8-9-10(11(23)32-2)12(24,25)13(18,26)14(19,27)15(20,28)16(21,29)17(22,30)31/h10,24-31H,3-9H2,1-2H3. The van der Waals surface area contributed by atoms with Crippen LogP contribution in [0.5, 0.6) is 0 Å². The number of unbranched alkanes of at least 4 members (excludes halogenated alkanes) is 5. The van der Waals surface area contributed by atoms with Gasteiger partial charge in [-0.2, -0.15) is 0 Å². The van der Waals surface area contributed by atoms with E-state index in [1.807, 2.05) is 6.92 Å². The van der Waals surface area contributed by atoms with Crippen molar-refractivity contribution in [3.63, 3.8) is 0 Å². The lowest BCUT2D eigenvalue weighted by atomic mass is 9.36. The van der Waals surface area contributed by atoms with Gasteiger partial charge in [-0.3, -0.25) is 4.79 Å². The van der Waals surface area contributed by atoms with Crippen molar-refractivity contribution in [2.45, 2.75) is 85.3 Å². The van der Waals surface area contributed by atoms with Gasteiger partial charge in [0.25, 0.3) is 0 Å². The Labute approximate surface area is 194 Å². The Morgan fingerprint density at radius 2 is 1.12 bits per heavy atom. The van der Waals surface area contributed by atoms with Gasteiger partial charge in [-0.25, -0.2) is 0 Å². The minimum atomic E-state index is -4.14. The van der Waals surface area contributed by atoms with Crippen molar-refractivity contribution >= 4 is 45.2 Å². The normalized spacial score (nSPS) is 21.4. The van der Waals surface area contributed by atoms with Crippen molar-refractivity contribution in [2.24, 2.45) is 5.92 Å². The Kier molecular flexibility index (Phi) is 10.6. The number of rotatable bonds is 14. The van der Waals surface area contributed by atoms with Crippen molar-refractivity contribution in [2.75, 3.05) is 7.11 Å². The lowest BCUT2D eigenvalue weighted by Crippen LogP contribution is -2.86. The number of carbonyl (C=O) groups excluding carboxylic acids is 1. The average Bonchev–Trinajstić information content (AvgIpc) is 2.65. The molecule has 0 aromatic rings. The molecule has 5 atom stereocenters. The van der Waals surface area contributed by atoms with Crippen molar-refractivity contribution in [1.82, 2.24) is 0 Å². The number of hydrogen-bond acceptors (Lipinski definition) is 10. The predicted molar refractivity (Wildman–Crippen MR) is 116 cm³/mol. The number of ether oxygens (including phenoxy) is 1. The molecule has 0 aliphatic heterocycles. The molecule has 0 aromatic heterocycles. The van der Waals surface area contributed by atoms with Crippen molar-refractivity contribution in [1.29, 1.82) is 0 Å². The van der Waals surface area contributed by atoms with Gasteiger partial charge in [0.2, 0.25) is 0 Å². The summed E-state index contributed by atoms with van der Waals surface area (Å²) in [6.07, 6.45) is 4.04. The van der Waals surface area contributed by atoms with Crippen molar-refractivity contribution in [3.8, 4) is 0 Å². The first-order valence-corrected chi connectivity index (χ1v) is 9.99. The smallest absolute Gasteiger partial charge is 0.314 e. The molecule has 32 heavy (non-hydrogen) atoms. The third-order valence-electron chi connectivity index (χ3n) is 5.68. The fourth-order valence-corrected chi connectivity index (χ4v) is 3.16. The van der Waals surface area contributed by atoms with Crippen LogP contribution < -0.4 is 0 Å². The summed E-state index contributed by atoms with van der Waals surface area (Å²) in [6, 6.07) is 0. The van der Waals surface area contributed by atoms with Crippen molar-refractivity contribution in [3.05, 3.63) is 0 Å². The second kappa shape index (κ2) is 10.8. The van der Waals surface area contributed by atoms with E-state index >= 15 is 0 Å². The van der Waals surface area contributed by atoms with E-state index in [1.54, 1.807) is 0 Å². The molecule has 5 unspecified atom stereocenters. The molecule has 0 heterocycles. The molecule has 15 heteroatoms. The zero-order valence-electron chi connectivity index (χ0n) is 18.3. The molecule has 0 aromatic carbocycles. The van der Waals surface area contributed by atoms with Crippen LogP contribution in [0.25, 0.3) is 0 Å². The number of esters is 1. The second-order valence-electron chi connectivity index (χ2n) is 8.15. The molecule has 0 aliphatic rings. The number of carbonyl (C=O) groups is 1. The van der Waals surface area contributed by atoms with Crippen LogP contribution in [0, 0.1) is 5.92 Å². The molecule has 0 rings (SSSR count). The van der Waals surface area contributed by atoms with Crippen LogP contribution in [0.2, 0.25) is 0 Å². The van der Waals surface area contributed by atoms with E-state index < -0.39 is 45.4 Å². The lowest BCUT2D eigenvalue weighted by molar-refractivity contribution is -0.331. The summed E-state index contributed by atoms with van der Waals surface area (Å²) in [5, 5.41) is 81.4. The second-order valence-corrected chi connectivity index (χ2v) is 8.15. The Morgan fingerprint density at radius 3 is 1.53 bits per heavy atom. The van der Waals surface area contributed by atoms with Gasteiger partial charge >= 0.3 is 5.97 Å². The minimum Gasteiger partial charge on any atom is -0.469 e. The number of methoxy groups -OCH3 is 1. The van der Waals surface area contributed by atoms with Crippen LogP contribution in [-0.2, 0) is 9.53 Å². The van der Waals surface area contributed by atoms with E-state index in [1.165, 1.54) is 0 Å². The van der Waals surface area contributed by atoms with Crippen LogP contribution in [0.4, 0.5) is 0 Å². The van der Waals surface area contributed by atoms with Crippen LogP contribution in [-0.4, -0.2) is 127 Å². The Hall–Kier alpha value is -0.525. The van der Waals surface area contributed by atoms with E-state index in [2.05, 4.69) is 4.74 Å². The van der Waals surface area contributed by atoms with Gasteiger partial charge in [0.05, 0.1) is 29.1 Å². The molecule has 0 aliphatic carbocycles. The van der Waals surface area contributed by atoms with Crippen LogP contribution in [0.1, 0.15) is 51.9 Å². The predicted octanol–water partition coefficient (Wildman–Crippen LogP) is -4.56. The molecule has 0 bridgehead atoms. The molecule has 0 fully saturated rings. The molecule has 172 valence electrons. The molecule has 8 N–H and O–H groups in total. The highest BCUT2D eigenvalue weighted by Gasteiger charge is 2.70. The van der Waals surface area contributed by atoms with Crippen LogP contribution >= 0.6 is 0 Å². The van der Waals surface area contributed by atoms with Gasteiger partial charge in [0.15, 0.2) is 13.6 Å². The topological polar surface area (TPSA) is 188 Å². The summed E-state index contributed by atoms with van der Waals surface area (Å²) >= 11 is 0. The van der Waals surface area contributed by atoms with E-state index in [4.69, 9.17) is 39.2 Å². The molecule has 0 saturated carbocycles. The molecule has 10 radical (unpaired) electrons.